The SMILES string of the molecule is COc1cc(/C=C/C(=O)NCCCc2ccccc2)cc(OC)c1OC(C)=O. The van der Waals surface area contributed by atoms with Crippen molar-refractivity contribution in [1.29, 1.82) is 0 Å². The summed E-state index contributed by atoms with van der Waals surface area (Å²) in [5.74, 6) is 0.236. The third-order valence-electron chi connectivity index (χ3n) is 3.94. The lowest BCUT2D eigenvalue weighted by Crippen LogP contribution is -2.22. The van der Waals surface area contributed by atoms with Crippen LogP contribution in [0.3, 0.4) is 0 Å². The lowest BCUT2D eigenvalue weighted by Gasteiger charge is -2.13. The molecule has 2 rings (SSSR count). The Morgan fingerprint density at radius 3 is 2.25 bits per heavy atom. The van der Waals surface area contributed by atoms with E-state index >= 15 is 0 Å². The van der Waals surface area contributed by atoms with Gasteiger partial charge in [0.1, 0.15) is 0 Å². The zero-order valence-electron chi connectivity index (χ0n) is 16.4. The molecule has 0 bridgehead atoms. The molecule has 0 radical (unpaired) electrons. The van der Waals surface area contributed by atoms with Crippen molar-refractivity contribution in [3.05, 3.63) is 59.7 Å². The Bertz CT molecular complexity index is 805. The summed E-state index contributed by atoms with van der Waals surface area (Å²) in [5, 5.41) is 2.86. The van der Waals surface area contributed by atoms with E-state index in [0.717, 1.165) is 12.8 Å². The predicted octanol–water partition coefficient (Wildman–Crippen LogP) is 3.39. The average Bonchev–Trinajstić information content (AvgIpc) is 2.70. The van der Waals surface area contributed by atoms with Gasteiger partial charge in [-0.25, -0.2) is 0 Å². The van der Waals surface area contributed by atoms with Crippen LogP contribution in [-0.4, -0.2) is 32.6 Å². The van der Waals surface area contributed by atoms with Crippen molar-refractivity contribution in [2.24, 2.45) is 0 Å². The molecule has 6 heteroatoms. The number of nitrogens with one attached hydrogen (secondary N) is 1. The minimum absolute atomic E-state index is 0.185. The molecule has 0 spiro atoms. The van der Waals surface area contributed by atoms with E-state index in [2.05, 4.69) is 17.4 Å². The molecule has 2 aromatic carbocycles. The molecule has 0 aliphatic heterocycles. The first kappa shape index (κ1) is 21.0. The summed E-state index contributed by atoms with van der Waals surface area (Å²) in [6.07, 6.45) is 4.87. The number of carbonyl (C=O) groups is 2. The molecule has 2 aromatic rings. The maximum atomic E-state index is 12.0. The zero-order valence-corrected chi connectivity index (χ0v) is 16.4. The van der Waals surface area contributed by atoms with Crippen molar-refractivity contribution < 1.29 is 23.8 Å². The number of amides is 1. The second-order valence-corrected chi connectivity index (χ2v) is 6.06. The number of rotatable bonds is 9. The van der Waals surface area contributed by atoms with Crippen LogP contribution in [0.2, 0.25) is 0 Å². The van der Waals surface area contributed by atoms with Crippen molar-refractivity contribution in [3.8, 4) is 17.2 Å². The predicted molar refractivity (Wildman–Crippen MR) is 108 cm³/mol. The van der Waals surface area contributed by atoms with Gasteiger partial charge in [-0.1, -0.05) is 30.3 Å². The molecule has 0 aliphatic rings. The third kappa shape index (κ3) is 6.46. The number of carbonyl (C=O) groups excluding carboxylic acids is 2. The van der Waals surface area contributed by atoms with Gasteiger partial charge >= 0.3 is 5.97 Å². The van der Waals surface area contributed by atoms with Crippen LogP contribution in [0.15, 0.2) is 48.5 Å². The highest BCUT2D eigenvalue weighted by Crippen LogP contribution is 2.39. The highest BCUT2D eigenvalue weighted by atomic mass is 16.6. The van der Waals surface area contributed by atoms with Crippen molar-refractivity contribution in [3.63, 3.8) is 0 Å². The van der Waals surface area contributed by atoms with Gasteiger partial charge in [0, 0.05) is 19.5 Å². The largest absolute Gasteiger partial charge is 0.493 e. The Kier molecular flexibility index (Phi) is 8.09. The molecule has 0 fully saturated rings. The van der Waals surface area contributed by atoms with E-state index in [9.17, 15) is 9.59 Å². The minimum Gasteiger partial charge on any atom is -0.493 e. The van der Waals surface area contributed by atoms with Gasteiger partial charge in [0.05, 0.1) is 14.2 Å². The molecule has 0 saturated carbocycles. The molecule has 148 valence electrons. The fraction of sp³-hybridized carbons (Fsp3) is 0.273. The van der Waals surface area contributed by atoms with Gasteiger partial charge in [0.25, 0.3) is 0 Å². The molecule has 1 N–H and O–H groups in total. The molecule has 28 heavy (non-hydrogen) atoms. The van der Waals surface area contributed by atoms with Crippen molar-refractivity contribution >= 4 is 18.0 Å². The van der Waals surface area contributed by atoms with E-state index in [1.807, 2.05) is 18.2 Å². The van der Waals surface area contributed by atoms with Gasteiger partial charge < -0.3 is 19.5 Å². The van der Waals surface area contributed by atoms with E-state index in [-0.39, 0.29) is 11.7 Å². The molecule has 0 heterocycles. The summed E-state index contributed by atoms with van der Waals surface area (Å²) < 4.78 is 15.7. The van der Waals surface area contributed by atoms with Crippen molar-refractivity contribution in [1.82, 2.24) is 5.32 Å². The standard InChI is InChI=1S/C22H25NO5/c1-16(24)28-22-19(26-2)14-18(15-20(22)27-3)11-12-21(25)23-13-7-10-17-8-5-4-6-9-17/h4-6,8-9,11-12,14-15H,7,10,13H2,1-3H3,(H,23,25)/b12-11+. The van der Waals surface area contributed by atoms with Gasteiger partial charge in [-0.05, 0) is 42.2 Å². The summed E-state index contributed by atoms with van der Waals surface area (Å²) in [7, 11) is 2.93. The molecule has 0 atom stereocenters. The van der Waals surface area contributed by atoms with Crippen LogP contribution >= 0.6 is 0 Å². The van der Waals surface area contributed by atoms with Crippen LogP contribution in [0.5, 0.6) is 17.2 Å². The topological polar surface area (TPSA) is 73.9 Å². The van der Waals surface area contributed by atoms with Gasteiger partial charge in [0.15, 0.2) is 11.5 Å². The lowest BCUT2D eigenvalue weighted by atomic mass is 10.1. The third-order valence-corrected chi connectivity index (χ3v) is 3.94. The summed E-state index contributed by atoms with van der Waals surface area (Å²) >= 11 is 0. The number of hydrogen-bond acceptors (Lipinski definition) is 5. The van der Waals surface area contributed by atoms with E-state index in [4.69, 9.17) is 14.2 Å². The van der Waals surface area contributed by atoms with Crippen molar-refractivity contribution in [2.75, 3.05) is 20.8 Å². The van der Waals surface area contributed by atoms with Crippen LogP contribution in [0.4, 0.5) is 0 Å². The average molecular weight is 383 g/mol. The zero-order chi connectivity index (χ0) is 20.4. The van der Waals surface area contributed by atoms with E-state index in [1.165, 1.54) is 32.8 Å². The smallest absolute Gasteiger partial charge is 0.308 e. The number of benzene rings is 2. The van der Waals surface area contributed by atoms with Crippen LogP contribution < -0.4 is 19.5 Å². The monoisotopic (exact) mass is 383 g/mol. The van der Waals surface area contributed by atoms with Crippen molar-refractivity contribution in [2.45, 2.75) is 19.8 Å². The van der Waals surface area contributed by atoms with E-state index in [1.54, 1.807) is 18.2 Å². The molecule has 0 aromatic heterocycles. The minimum atomic E-state index is -0.477. The summed E-state index contributed by atoms with van der Waals surface area (Å²) in [5.41, 5.74) is 1.93. The normalized spacial score (nSPS) is 10.5. The second-order valence-electron chi connectivity index (χ2n) is 6.06. The number of hydrogen-bond donors (Lipinski definition) is 1. The summed E-state index contributed by atoms with van der Waals surface area (Å²) in [6.45, 7) is 1.89. The Morgan fingerprint density at radius 2 is 1.68 bits per heavy atom. The fourth-order valence-electron chi connectivity index (χ4n) is 2.62. The number of esters is 1. The first-order valence-electron chi connectivity index (χ1n) is 8.97. The molecule has 6 nitrogen and oxygen atoms in total. The number of ether oxygens (including phenoxy) is 3. The molecular formula is C22H25NO5. The van der Waals surface area contributed by atoms with Crippen LogP contribution in [0, 0.1) is 0 Å². The molecule has 0 aliphatic carbocycles. The summed E-state index contributed by atoms with van der Waals surface area (Å²) in [6, 6.07) is 13.5. The van der Waals surface area contributed by atoms with Gasteiger partial charge in [-0.2, -0.15) is 0 Å². The van der Waals surface area contributed by atoms with E-state index < -0.39 is 5.97 Å². The molecule has 0 unspecified atom stereocenters. The van der Waals surface area contributed by atoms with E-state index in [0.29, 0.717) is 23.6 Å². The quantitative estimate of drug-likeness (QED) is 0.311. The molecular weight excluding hydrogens is 358 g/mol. The second kappa shape index (κ2) is 10.8. The first-order valence-corrected chi connectivity index (χ1v) is 8.97. The molecule has 1 amide bonds. The summed E-state index contributed by atoms with van der Waals surface area (Å²) in [4.78, 5) is 23.3. The highest BCUT2D eigenvalue weighted by molar-refractivity contribution is 5.92. The van der Waals surface area contributed by atoms with Crippen LogP contribution in [-0.2, 0) is 16.0 Å². The number of methoxy groups -OCH3 is 2. The first-order chi connectivity index (χ1) is 13.5. The molecule has 0 saturated heterocycles. The van der Waals surface area contributed by atoms with Crippen LogP contribution in [0.1, 0.15) is 24.5 Å². The Hall–Kier alpha value is -3.28. The lowest BCUT2D eigenvalue weighted by molar-refractivity contribution is -0.132. The van der Waals surface area contributed by atoms with Crippen LogP contribution in [0.25, 0.3) is 6.08 Å². The Labute approximate surface area is 165 Å². The Morgan fingerprint density at radius 1 is 1.04 bits per heavy atom. The maximum absolute atomic E-state index is 12.0. The maximum Gasteiger partial charge on any atom is 0.308 e. The van der Waals surface area contributed by atoms with Gasteiger partial charge in [-0.15, -0.1) is 0 Å². The number of aryl methyl sites for hydroxylation is 1. The van der Waals surface area contributed by atoms with Gasteiger partial charge in [0.2, 0.25) is 11.7 Å². The fourth-order valence-corrected chi connectivity index (χ4v) is 2.62. The van der Waals surface area contributed by atoms with Gasteiger partial charge in [-0.3, -0.25) is 9.59 Å². The Balaban J connectivity index is 1.94. The highest BCUT2D eigenvalue weighted by Gasteiger charge is 2.15.